The first-order valence-electron chi connectivity index (χ1n) is 3.89. The monoisotopic (exact) mass is 202 g/mol. The number of ether oxygens (including phenoxy) is 1. The standard InChI is InChI=1S/C9H11ClO3/c1-3-5-4-6(13-2)8(11)9(12)7(5)10/h4,11-12H,3H2,1-2H3. The van der Waals surface area contributed by atoms with Gasteiger partial charge in [-0.15, -0.1) is 0 Å². The van der Waals surface area contributed by atoms with E-state index in [0.29, 0.717) is 6.42 Å². The first-order valence-corrected chi connectivity index (χ1v) is 4.26. The average molecular weight is 203 g/mol. The van der Waals surface area contributed by atoms with Crippen molar-refractivity contribution in [2.75, 3.05) is 7.11 Å². The first kappa shape index (κ1) is 9.99. The first-order chi connectivity index (χ1) is 6.11. The smallest absolute Gasteiger partial charge is 0.202 e. The van der Waals surface area contributed by atoms with E-state index in [1.54, 1.807) is 6.07 Å². The van der Waals surface area contributed by atoms with Crippen LogP contribution in [0.25, 0.3) is 0 Å². The Balaban J connectivity index is 3.36. The van der Waals surface area contributed by atoms with E-state index < -0.39 is 0 Å². The second-order valence-corrected chi connectivity index (χ2v) is 2.98. The Morgan fingerprint density at radius 1 is 1.38 bits per heavy atom. The van der Waals surface area contributed by atoms with Gasteiger partial charge in [-0.25, -0.2) is 0 Å². The van der Waals surface area contributed by atoms with Crippen LogP contribution in [0.2, 0.25) is 5.02 Å². The average Bonchev–Trinajstić information content (AvgIpc) is 2.15. The molecule has 0 atom stereocenters. The molecule has 0 aliphatic carbocycles. The maximum Gasteiger partial charge on any atom is 0.202 e. The molecule has 1 aromatic carbocycles. The van der Waals surface area contributed by atoms with E-state index in [1.807, 2.05) is 6.92 Å². The van der Waals surface area contributed by atoms with Gasteiger partial charge in [0.1, 0.15) is 0 Å². The molecule has 0 radical (unpaired) electrons. The lowest BCUT2D eigenvalue weighted by Crippen LogP contribution is -1.89. The number of aromatic hydroxyl groups is 2. The minimum Gasteiger partial charge on any atom is -0.503 e. The summed E-state index contributed by atoms with van der Waals surface area (Å²) in [5, 5.41) is 18.9. The van der Waals surface area contributed by atoms with Gasteiger partial charge in [0.15, 0.2) is 11.5 Å². The molecule has 0 spiro atoms. The lowest BCUT2D eigenvalue weighted by Gasteiger charge is -2.09. The molecule has 72 valence electrons. The third-order valence-electron chi connectivity index (χ3n) is 1.85. The van der Waals surface area contributed by atoms with Crippen LogP contribution in [0.1, 0.15) is 12.5 Å². The summed E-state index contributed by atoms with van der Waals surface area (Å²) in [4.78, 5) is 0. The number of halogens is 1. The fraction of sp³-hybridized carbons (Fsp3) is 0.333. The predicted octanol–water partition coefficient (Wildman–Crippen LogP) is 2.32. The Morgan fingerprint density at radius 2 is 2.00 bits per heavy atom. The number of aryl methyl sites for hydroxylation is 1. The second-order valence-electron chi connectivity index (χ2n) is 2.60. The van der Waals surface area contributed by atoms with Crippen LogP contribution < -0.4 is 4.74 Å². The normalized spacial score (nSPS) is 10.1. The van der Waals surface area contributed by atoms with Crippen LogP contribution in [-0.2, 0) is 6.42 Å². The van der Waals surface area contributed by atoms with E-state index in [4.69, 9.17) is 16.3 Å². The van der Waals surface area contributed by atoms with Gasteiger partial charge in [0.05, 0.1) is 12.1 Å². The fourth-order valence-corrected chi connectivity index (χ4v) is 1.35. The number of hydrogen-bond acceptors (Lipinski definition) is 3. The minimum atomic E-state index is -0.321. The van der Waals surface area contributed by atoms with Gasteiger partial charge in [0.25, 0.3) is 0 Å². The summed E-state index contributed by atoms with van der Waals surface area (Å²) >= 11 is 5.76. The van der Waals surface area contributed by atoms with E-state index in [0.717, 1.165) is 5.56 Å². The van der Waals surface area contributed by atoms with Gasteiger partial charge in [-0.3, -0.25) is 0 Å². The van der Waals surface area contributed by atoms with E-state index >= 15 is 0 Å². The van der Waals surface area contributed by atoms with Gasteiger partial charge in [0.2, 0.25) is 5.75 Å². The Morgan fingerprint density at radius 3 is 2.46 bits per heavy atom. The molecule has 0 unspecified atom stereocenters. The SMILES string of the molecule is CCc1cc(OC)c(O)c(O)c1Cl. The van der Waals surface area contributed by atoms with Crippen molar-refractivity contribution < 1.29 is 14.9 Å². The number of hydrogen-bond donors (Lipinski definition) is 2. The molecule has 13 heavy (non-hydrogen) atoms. The van der Waals surface area contributed by atoms with Crippen molar-refractivity contribution in [1.29, 1.82) is 0 Å². The van der Waals surface area contributed by atoms with Gasteiger partial charge in [-0.05, 0) is 18.1 Å². The van der Waals surface area contributed by atoms with Crippen molar-refractivity contribution in [3.63, 3.8) is 0 Å². The van der Waals surface area contributed by atoms with Gasteiger partial charge in [0, 0.05) is 0 Å². The van der Waals surface area contributed by atoms with Gasteiger partial charge in [-0.2, -0.15) is 0 Å². The van der Waals surface area contributed by atoms with Crippen LogP contribution in [-0.4, -0.2) is 17.3 Å². The zero-order valence-electron chi connectivity index (χ0n) is 7.47. The second kappa shape index (κ2) is 3.75. The molecule has 0 heterocycles. The highest BCUT2D eigenvalue weighted by Crippen LogP contribution is 2.42. The van der Waals surface area contributed by atoms with Crippen molar-refractivity contribution >= 4 is 11.6 Å². The molecule has 0 aliphatic rings. The summed E-state index contributed by atoms with van der Waals surface area (Å²) in [6, 6.07) is 1.61. The molecule has 0 bridgehead atoms. The van der Waals surface area contributed by atoms with Crippen LogP contribution in [0.5, 0.6) is 17.2 Å². The number of rotatable bonds is 2. The van der Waals surface area contributed by atoms with Crippen LogP contribution in [0.4, 0.5) is 0 Å². The minimum absolute atomic E-state index is 0.181. The molecular formula is C9H11ClO3. The molecule has 4 heteroatoms. The van der Waals surface area contributed by atoms with Gasteiger partial charge in [-0.1, -0.05) is 18.5 Å². The number of methoxy groups -OCH3 is 1. The highest BCUT2D eigenvalue weighted by atomic mass is 35.5. The van der Waals surface area contributed by atoms with Gasteiger partial charge < -0.3 is 14.9 Å². The Hall–Kier alpha value is -1.09. The highest BCUT2D eigenvalue weighted by Gasteiger charge is 2.14. The third kappa shape index (κ3) is 1.65. The number of benzene rings is 1. The summed E-state index contributed by atoms with van der Waals surface area (Å²) in [7, 11) is 1.42. The van der Waals surface area contributed by atoms with E-state index in [-0.39, 0.29) is 22.3 Å². The zero-order valence-corrected chi connectivity index (χ0v) is 8.22. The molecule has 2 N–H and O–H groups in total. The zero-order chi connectivity index (χ0) is 10.0. The number of phenolic OH excluding ortho intramolecular Hbond substituents is 2. The molecule has 0 fully saturated rings. The van der Waals surface area contributed by atoms with Crippen LogP contribution in [0.15, 0.2) is 6.07 Å². The van der Waals surface area contributed by atoms with Gasteiger partial charge >= 0.3 is 0 Å². The molecule has 0 saturated heterocycles. The highest BCUT2D eigenvalue weighted by molar-refractivity contribution is 6.33. The molecule has 0 amide bonds. The topological polar surface area (TPSA) is 49.7 Å². The lowest BCUT2D eigenvalue weighted by molar-refractivity contribution is 0.350. The third-order valence-corrected chi connectivity index (χ3v) is 2.28. The Kier molecular flexibility index (Phi) is 2.88. The molecule has 0 saturated carbocycles. The van der Waals surface area contributed by atoms with Crippen LogP contribution in [0, 0.1) is 0 Å². The number of phenols is 2. The Labute approximate surface area is 81.5 Å². The molecule has 3 nitrogen and oxygen atoms in total. The molecular weight excluding hydrogens is 192 g/mol. The maximum absolute atomic E-state index is 9.37. The lowest BCUT2D eigenvalue weighted by atomic mass is 10.1. The summed E-state index contributed by atoms with van der Waals surface area (Å²) in [6.45, 7) is 1.90. The van der Waals surface area contributed by atoms with Crippen molar-refractivity contribution in [3.8, 4) is 17.2 Å². The van der Waals surface area contributed by atoms with Crippen molar-refractivity contribution in [1.82, 2.24) is 0 Å². The van der Waals surface area contributed by atoms with E-state index in [1.165, 1.54) is 7.11 Å². The van der Waals surface area contributed by atoms with Crippen LogP contribution >= 0.6 is 11.6 Å². The quantitative estimate of drug-likeness (QED) is 0.724. The van der Waals surface area contributed by atoms with Crippen molar-refractivity contribution in [3.05, 3.63) is 16.7 Å². The van der Waals surface area contributed by atoms with E-state index in [2.05, 4.69) is 0 Å². The van der Waals surface area contributed by atoms with E-state index in [9.17, 15) is 10.2 Å². The summed E-state index contributed by atoms with van der Waals surface area (Å²) in [6.07, 6.45) is 0.670. The fourth-order valence-electron chi connectivity index (χ4n) is 1.08. The summed E-state index contributed by atoms with van der Waals surface area (Å²) in [5.74, 6) is -0.402. The van der Waals surface area contributed by atoms with Crippen LogP contribution in [0.3, 0.4) is 0 Å². The Bertz CT molecular complexity index is 295. The van der Waals surface area contributed by atoms with Crippen molar-refractivity contribution in [2.24, 2.45) is 0 Å². The molecule has 0 aromatic heterocycles. The maximum atomic E-state index is 9.37. The summed E-state index contributed by atoms with van der Waals surface area (Å²) < 4.78 is 4.85. The predicted molar refractivity (Wildman–Crippen MR) is 50.7 cm³/mol. The van der Waals surface area contributed by atoms with Crippen molar-refractivity contribution in [2.45, 2.75) is 13.3 Å². The molecule has 0 aliphatic heterocycles. The summed E-state index contributed by atoms with van der Waals surface area (Å²) in [5.41, 5.74) is 0.744. The largest absolute Gasteiger partial charge is 0.503 e. The molecule has 1 rings (SSSR count). The molecule has 1 aromatic rings.